The second-order valence-corrected chi connectivity index (χ2v) is 4.70. The van der Waals surface area contributed by atoms with Crippen LogP contribution in [0.25, 0.3) is 0 Å². The van der Waals surface area contributed by atoms with Crippen LogP contribution < -0.4 is 4.90 Å². The molecule has 0 saturated heterocycles. The van der Waals surface area contributed by atoms with Crippen molar-refractivity contribution in [1.29, 1.82) is 0 Å². The molecule has 0 bridgehead atoms. The smallest absolute Gasteiger partial charge is 0.227 e. The Morgan fingerprint density at radius 1 is 1.37 bits per heavy atom. The number of pyridine rings is 1. The molecule has 0 atom stereocenters. The summed E-state index contributed by atoms with van der Waals surface area (Å²) in [5.74, 6) is 1.00. The maximum atomic E-state index is 12.3. The van der Waals surface area contributed by atoms with E-state index in [1.165, 1.54) is 0 Å². The number of rotatable bonds is 3. The van der Waals surface area contributed by atoms with E-state index < -0.39 is 0 Å². The molecular formula is C15H16N2O2. The highest BCUT2D eigenvalue weighted by Gasteiger charge is 2.22. The van der Waals surface area contributed by atoms with E-state index in [1.54, 1.807) is 12.5 Å². The van der Waals surface area contributed by atoms with Gasteiger partial charge in [0.2, 0.25) is 5.91 Å². The van der Waals surface area contributed by atoms with Gasteiger partial charge in [0.15, 0.2) is 0 Å². The molecule has 3 rings (SSSR count). The monoisotopic (exact) mass is 256 g/mol. The van der Waals surface area contributed by atoms with Crippen molar-refractivity contribution in [2.45, 2.75) is 25.7 Å². The van der Waals surface area contributed by atoms with Gasteiger partial charge in [0.1, 0.15) is 5.76 Å². The first-order valence-electron chi connectivity index (χ1n) is 6.61. The van der Waals surface area contributed by atoms with Crippen LogP contribution in [0.3, 0.4) is 0 Å². The van der Waals surface area contributed by atoms with Crippen molar-refractivity contribution in [3.8, 4) is 0 Å². The molecule has 3 heterocycles. The Labute approximate surface area is 112 Å². The molecule has 2 aromatic rings. The van der Waals surface area contributed by atoms with Crippen molar-refractivity contribution in [1.82, 2.24) is 4.98 Å². The number of carbonyl (C=O) groups is 1. The summed E-state index contributed by atoms with van der Waals surface area (Å²) < 4.78 is 5.26. The topological polar surface area (TPSA) is 46.3 Å². The van der Waals surface area contributed by atoms with Gasteiger partial charge in [0, 0.05) is 25.6 Å². The number of furan rings is 1. The molecular weight excluding hydrogens is 240 g/mol. The Morgan fingerprint density at radius 2 is 2.32 bits per heavy atom. The van der Waals surface area contributed by atoms with Crippen LogP contribution in [0.15, 0.2) is 41.1 Å². The minimum Gasteiger partial charge on any atom is -0.469 e. The number of amides is 1. The molecule has 0 fully saturated rings. The average Bonchev–Trinajstić information content (AvgIpc) is 2.97. The van der Waals surface area contributed by atoms with E-state index in [-0.39, 0.29) is 5.91 Å². The molecule has 4 heteroatoms. The van der Waals surface area contributed by atoms with E-state index in [0.717, 1.165) is 36.5 Å². The maximum Gasteiger partial charge on any atom is 0.227 e. The highest BCUT2D eigenvalue weighted by Crippen LogP contribution is 2.25. The van der Waals surface area contributed by atoms with E-state index in [1.807, 2.05) is 29.2 Å². The van der Waals surface area contributed by atoms with Gasteiger partial charge in [0.05, 0.1) is 17.6 Å². The number of aromatic nitrogens is 1. The number of fused-ring (bicyclic) bond motifs is 1. The van der Waals surface area contributed by atoms with Crippen molar-refractivity contribution >= 4 is 11.6 Å². The van der Waals surface area contributed by atoms with Crippen LogP contribution in [0.1, 0.15) is 24.3 Å². The van der Waals surface area contributed by atoms with Crippen molar-refractivity contribution in [3.05, 3.63) is 48.2 Å². The first kappa shape index (κ1) is 12.0. The lowest BCUT2D eigenvalue weighted by atomic mass is 10.1. The number of anilines is 1. The molecule has 0 radical (unpaired) electrons. The first-order valence-corrected chi connectivity index (χ1v) is 6.61. The average molecular weight is 256 g/mol. The predicted molar refractivity (Wildman–Crippen MR) is 71.9 cm³/mol. The van der Waals surface area contributed by atoms with Crippen LogP contribution in [-0.2, 0) is 17.6 Å². The van der Waals surface area contributed by atoms with Gasteiger partial charge in [-0.1, -0.05) is 0 Å². The summed E-state index contributed by atoms with van der Waals surface area (Å²) in [6.45, 7) is 0.787. The Balaban J connectivity index is 1.71. The van der Waals surface area contributed by atoms with E-state index in [2.05, 4.69) is 4.98 Å². The zero-order chi connectivity index (χ0) is 13.1. The number of hydrogen-bond acceptors (Lipinski definition) is 3. The van der Waals surface area contributed by atoms with Crippen molar-refractivity contribution in [3.63, 3.8) is 0 Å². The molecule has 4 nitrogen and oxygen atoms in total. The second kappa shape index (κ2) is 5.26. The van der Waals surface area contributed by atoms with Crippen LogP contribution in [0, 0.1) is 0 Å². The third-order valence-corrected chi connectivity index (χ3v) is 3.42. The van der Waals surface area contributed by atoms with Gasteiger partial charge >= 0.3 is 0 Å². The fourth-order valence-electron chi connectivity index (χ4n) is 2.47. The molecule has 1 amide bonds. The van der Waals surface area contributed by atoms with E-state index in [9.17, 15) is 4.79 Å². The van der Waals surface area contributed by atoms with Gasteiger partial charge in [-0.15, -0.1) is 0 Å². The SMILES string of the molecule is O=C(CCc1ccco1)N1CCCc2ncccc21. The Hall–Kier alpha value is -2.10. The second-order valence-electron chi connectivity index (χ2n) is 4.70. The van der Waals surface area contributed by atoms with Gasteiger partial charge in [-0.2, -0.15) is 0 Å². The zero-order valence-corrected chi connectivity index (χ0v) is 10.7. The summed E-state index contributed by atoms with van der Waals surface area (Å²) in [5.41, 5.74) is 2.00. The van der Waals surface area contributed by atoms with Crippen LogP contribution in [0.5, 0.6) is 0 Å². The zero-order valence-electron chi connectivity index (χ0n) is 10.7. The summed E-state index contributed by atoms with van der Waals surface area (Å²) in [4.78, 5) is 18.5. The molecule has 0 unspecified atom stereocenters. The third kappa shape index (κ3) is 2.52. The van der Waals surface area contributed by atoms with Gasteiger partial charge in [-0.3, -0.25) is 9.78 Å². The number of carbonyl (C=O) groups excluding carboxylic acids is 1. The summed E-state index contributed by atoms with van der Waals surface area (Å²) in [6, 6.07) is 7.61. The summed E-state index contributed by atoms with van der Waals surface area (Å²) >= 11 is 0. The number of aryl methyl sites for hydroxylation is 2. The highest BCUT2D eigenvalue weighted by molar-refractivity contribution is 5.94. The lowest BCUT2D eigenvalue weighted by Crippen LogP contribution is -2.35. The molecule has 0 saturated carbocycles. The molecule has 1 aliphatic rings. The first-order chi connectivity index (χ1) is 9.34. The summed E-state index contributed by atoms with van der Waals surface area (Å²) in [5, 5.41) is 0. The standard InChI is InChI=1S/C15H16N2O2/c18-15(8-7-12-4-3-11-19-12)17-10-2-5-13-14(17)6-1-9-16-13/h1,3-4,6,9,11H,2,5,7-8,10H2. The molecule has 0 spiro atoms. The van der Waals surface area contributed by atoms with Gasteiger partial charge in [-0.05, 0) is 37.1 Å². The van der Waals surface area contributed by atoms with Crippen molar-refractivity contribution in [2.24, 2.45) is 0 Å². The summed E-state index contributed by atoms with van der Waals surface area (Å²) in [7, 11) is 0. The Kier molecular flexibility index (Phi) is 3.31. The van der Waals surface area contributed by atoms with Gasteiger partial charge in [-0.25, -0.2) is 0 Å². The van der Waals surface area contributed by atoms with E-state index >= 15 is 0 Å². The van der Waals surface area contributed by atoms with Crippen LogP contribution in [0.2, 0.25) is 0 Å². The van der Waals surface area contributed by atoms with E-state index in [0.29, 0.717) is 12.8 Å². The Bertz CT molecular complexity index is 563. The molecule has 19 heavy (non-hydrogen) atoms. The molecule has 98 valence electrons. The van der Waals surface area contributed by atoms with Gasteiger partial charge in [0.25, 0.3) is 0 Å². The van der Waals surface area contributed by atoms with Crippen LogP contribution in [-0.4, -0.2) is 17.4 Å². The fourth-order valence-corrected chi connectivity index (χ4v) is 2.47. The normalized spacial score (nSPS) is 14.2. The number of hydrogen-bond donors (Lipinski definition) is 0. The van der Waals surface area contributed by atoms with Gasteiger partial charge < -0.3 is 9.32 Å². The highest BCUT2D eigenvalue weighted by atomic mass is 16.3. The minimum atomic E-state index is 0.144. The maximum absolute atomic E-state index is 12.3. The lowest BCUT2D eigenvalue weighted by Gasteiger charge is -2.28. The molecule has 0 aromatic carbocycles. The largest absolute Gasteiger partial charge is 0.469 e. The Morgan fingerprint density at radius 3 is 3.16 bits per heavy atom. The molecule has 0 aliphatic carbocycles. The molecule has 0 N–H and O–H groups in total. The third-order valence-electron chi connectivity index (χ3n) is 3.42. The molecule has 2 aromatic heterocycles. The quantitative estimate of drug-likeness (QED) is 0.848. The minimum absolute atomic E-state index is 0.144. The van der Waals surface area contributed by atoms with Crippen molar-refractivity contribution < 1.29 is 9.21 Å². The molecule has 1 aliphatic heterocycles. The van der Waals surface area contributed by atoms with Crippen molar-refractivity contribution in [2.75, 3.05) is 11.4 Å². The van der Waals surface area contributed by atoms with Crippen LogP contribution in [0.4, 0.5) is 5.69 Å². The predicted octanol–water partition coefficient (Wildman–Crippen LogP) is 2.59. The van der Waals surface area contributed by atoms with E-state index in [4.69, 9.17) is 4.42 Å². The summed E-state index contributed by atoms with van der Waals surface area (Å²) in [6.07, 6.45) is 6.49. The fraction of sp³-hybridized carbons (Fsp3) is 0.333. The number of nitrogens with zero attached hydrogens (tertiary/aromatic N) is 2. The lowest BCUT2D eigenvalue weighted by molar-refractivity contribution is -0.118. The van der Waals surface area contributed by atoms with Crippen LogP contribution >= 0.6 is 0 Å².